The molecule has 0 spiro atoms. The third-order valence-corrected chi connectivity index (χ3v) is 4.52. The second-order valence-electron chi connectivity index (χ2n) is 5.40. The maximum atomic E-state index is 6.28. The first-order valence-electron chi connectivity index (χ1n) is 7.25. The molecule has 1 aromatic carbocycles. The van der Waals surface area contributed by atoms with E-state index in [-0.39, 0.29) is 0 Å². The summed E-state index contributed by atoms with van der Waals surface area (Å²) in [6.45, 7) is 4.43. The number of nitrogens with zero attached hydrogens (tertiary/aromatic N) is 2. The van der Waals surface area contributed by atoms with E-state index in [0.717, 1.165) is 31.2 Å². The van der Waals surface area contributed by atoms with Gasteiger partial charge in [-0.25, -0.2) is 0 Å². The molecule has 2 nitrogen and oxygen atoms in total. The van der Waals surface area contributed by atoms with Crippen LogP contribution in [0.5, 0.6) is 0 Å². The topological polar surface area (TPSA) is 6.48 Å². The minimum atomic E-state index is 0.669. The number of hydrogen-bond donors (Lipinski definition) is 0. The van der Waals surface area contributed by atoms with Gasteiger partial charge in [0.1, 0.15) is 0 Å². The summed E-state index contributed by atoms with van der Waals surface area (Å²) < 4.78 is 0. The van der Waals surface area contributed by atoms with Crippen LogP contribution in [0.3, 0.4) is 0 Å². The second-order valence-corrected chi connectivity index (χ2v) is 5.81. The minimum Gasteiger partial charge on any atom is -0.368 e. The first kappa shape index (κ1) is 13.0. The smallest absolute Gasteiger partial charge is 0.0639 e. The largest absolute Gasteiger partial charge is 0.368 e. The summed E-state index contributed by atoms with van der Waals surface area (Å²) in [7, 11) is 0. The average Bonchev–Trinajstić information content (AvgIpc) is 2.49. The zero-order valence-corrected chi connectivity index (χ0v) is 12.0. The molecule has 1 saturated heterocycles. The lowest BCUT2D eigenvalue weighted by Crippen LogP contribution is -2.50. The van der Waals surface area contributed by atoms with E-state index in [1.54, 1.807) is 0 Å². The molecule has 0 radical (unpaired) electrons. The third kappa shape index (κ3) is 2.96. The van der Waals surface area contributed by atoms with Crippen molar-refractivity contribution in [3.63, 3.8) is 0 Å². The molecule has 1 fully saturated rings. The van der Waals surface area contributed by atoms with Gasteiger partial charge in [-0.15, -0.1) is 0 Å². The predicted molar refractivity (Wildman–Crippen MR) is 82.0 cm³/mol. The van der Waals surface area contributed by atoms with Crippen molar-refractivity contribution in [2.45, 2.75) is 25.3 Å². The fourth-order valence-electron chi connectivity index (χ4n) is 3.10. The Morgan fingerprint density at radius 2 is 1.84 bits per heavy atom. The number of allylic oxidation sites excluding steroid dienone is 1. The molecule has 1 heterocycles. The molecular formula is C16H21ClN2. The van der Waals surface area contributed by atoms with Crippen LogP contribution in [0, 0.1) is 0 Å². The molecular weight excluding hydrogens is 256 g/mol. The van der Waals surface area contributed by atoms with Gasteiger partial charge in [-0.05, 0) is 31.4 Å². The number of halogens is 1. The van der Waals surface area contributed by atoms with Crippen LogP contribution in [0.15, 0.2) is 36.4 Å². The summed E-state index contributed by atoms with van der Waals surface area (Å²) in [5.74, 6) is 0. The van der Waals surface area contributed by atoms with Gasteiger partial charge in [0.15, 0.2) is 0 Å². The van der Waals surface area contributed by atoms with E-state index >= 15 is 0 Å². The monoisotopic (exact) mass is 276 g/mol. The lowest BCUT2D eigenvalue weighted by Gasteiger charge is -2.40. The molecule has 3 heteroatoms. The summed E-state index contributed by atoms with van der Waals surface area (Å²) in [6.07, 6.45) is 8.66. The summed E-state index contributed by atoms with van der Waals surface area (Å²) in [5, 5.41) is 0.869. The molecule has 1 atom stereocenters. The van der Waals surface area contributed by atoms with E-state index in [4.69, 9.17) is 11.6 Å². The van der Waals surface area contributed by atoms with Crippen molar-refractivity contribution < 1.29 is 0 Å². The van der Waals surface area contributed by atoms with E-state index in [0.29, 0.717) is 6.04 Å². The van der Waals surface area contributed by atoms with Crippen LogP contribution < -0.4 is 4.90 Å². The van der Waals surface area contributed by atoms with E-state index in [9.17, 15) is 0 Å². The number of rotatable bonds is 2. The Morgan fingerprint density at radius 3 is 2.53 bits per heavy atom. The molecule has 102 valence electrons. The van der Waals surface area contributed by atoms with Gasteiger partial charge in [0.2, 0.25) is 0 Å². The van der Waals surface area contributed by atoms with Gasteiger partial charge in [0, 0.05) is 32.2 Å². The van der Waals surface area contributed by atoms with Crippen LogP contribution in [0.2, 0.25) is 5.02 Å². The molecule has 3 rings (SSSR count). The van der Waals surface area contributed by atoms with Gasteiger partial charge in [-0.2, -0.15) is 0 Å². The number of piperazine rings is 1. The molecule has 1 unspecified atom stereocenters. The number of para-hydroxylation sites is 1. The molecule has 0 aromatic heterocycles. The van der Waals surface area contributed by atoms with Gasteiger partial charge in [-0.3, -0.25) is 4.90 Å². The van der Waals surface area contributed by atoms with E-state index in [2.05, 4.69) is 34.1 Å². The highest BCUT2D eigenvalue weighted by molar-refractivity contribution is 6.33. The summed E-state index contributed by atoms with van der Waals surface area (Å²) in [6, 6.07) is 8.83. The number of benzene rings is 1. The molecule has 0 amide bonds. The zero-order valence-electron chi connectivity index (χ0n) is 11.3. The van der Waals surface area contributed by atoms with Crippen molar-refractivity contribution in [2.75, 3.05) is 31.1 Å². The highest BCUT2D eigenvalue weighted by Gasteiger charge is 2.23. The van der Waals surface area contributed by atoms with Crippen LogP contribution in [0.4, 0.5) is 5.69 Å². The average molecular weight is 277 g/mol. The SMILES string of the molecule is Clc1ccccc1N1CCN(C2C=CCCC2)CC1. The Hall–Kier alpha value is -0.990. The molecule has 1 aromatic rings. The molecule has 1 aliphatic heterocycles. The van der Waals surface area contributed by atoms with E-state index in [1.807, 2.05) is 12.1 Å². The maximum Gasteiger partial charge on any atom is 0.0639 e. The first-order chi connectivity index (χ1) is 9.34. The highest BCUT2D eigenvalue weighted by atomic mass is 35.5. The minimum absolute atomic E-state index is 0.669. The lowest BCUT2D eigenvalue weighted by molar-refractivity contribution is 0.202. The Labute approximate surface area is 120 Å². The maximum absolute atomic E-state index is 6.28. The van der Waals surface area contributed by atoms with Crippen molar-refractivity contribution in [3.05, 3.63) is 41.4 Å². The van der Waals surface area contributed by atoms with Crippen LogP contribution in [0.1, 0.15) is 19.3 Å². The highest BCUT2D eigenvalue weighted by Crippen LogP contribution is 2.27. The van der Waals surface area contributed by atoms with Crippen molar-refractivity contribution in [1.82, 2.24) is 4.90 Å². The Morgan fingerprint density at radius 1 is 1.05 bits per heavy atom. The Balaban J connectivity index is 1.62. The van der Waals surface area contributed by atoms with Crippen LogP contribution in [-0.2, 0) is 0 Å². The third-order valence-electron chi connectivity index (χ3n) is 4.21. The van der Waals surface area contributed by atoms with Crippen molar-refractivity contribution in [3.8, 4) is 0 Å². The van der Waals surface area contributed by atoms with Crippen LogP contribution in [-0.4, -0.2) is 37.1 Å². The van der Waals surface area contributed by atoms with Gasteiger partial charge < -0.3 is 4.90 Å². The Bertz CT molecular complexity index is 450. The lowest BCUT2D eigenvalue weighted by atomic mass is 10.0. The summed E-state index contributed by atoms with van der Waals surface area (Å²) in [4.78, 5) is 5.02. The molecule has 19 heavy (non-hydrogen) atoms. The Kier molecular flexibility index (Phi) is 4.09. The van der Waals surface area contributed by atoms with Crippen molar-refractivity contribution in [2.24, 2.45) is 0 Å². The van der Waals surface area contributed by atoms with E-state index < -0.39 is 0 Å². The zero-order chi connectivity index (χ0) is 13.1. The first-order valence-corrected chi connectivity index (χ1v) is 7.62. The van der Waals surface area contributed by atoms with Gasteiger partial charge in [0.05, 0.1) is 10.7 Å². The normalized spacial score (nSPS) is 24.7. The molecule has 1 aliphatic carbocycles. The fraction of sp³-hybridized carbons (Fsp3) is 0.500. The van der Waals surface area contributed by atoms with Gasteiger partial charge >= 0.3 is 0 Å². The fourth-order valence-corrected chi connectivity index (χ4v) is 3.36. The predicted octanol–water partition coefficient (Wildman–Crippen LogP) is 3.57. The van der Waals surface area contributed by atoms with Crippen LogP contribution in [0.25, 0.3) is 0 Å². The van der Waals surface area contributed by atoms with Crippen LogP contribution >= 0.6 is 11.6 Å². The standard InChI is InChI=1S/C16H21ClN2/c17-15-8-4-5-9-16(15)19-12-10-18(11-13-19)14-6-2-1-3-7-14/h2,4-6,8-9,14H,1,3,7,10-13H2. The number of anilines is 1. The summed E-state index contributed by atoms with van der Waals surface area (Å²) in [5.41, 5.74) is 1.18. The van der Waals surface area contributed by atoms with Gasteiger partial charge in [0.25, 0.3) is 0 Å². The number of hydrogen-bond acceptors (Lipinski definition) is 2. The molecule has 2 aliphatic rings. The summed E-state index contributed by atoms with van der Waals surface area (Å²) >= 11 is 6.28. The van der Waals surface area contributed by atoms with E-state index in [1.165, 1.54) is 24.9 Å². The second kappa shape index (κ2) is 5.98. The van der Waals surface area contributed by atoms with Crippen molar-refractivity contribution >= 4 is 17.3 Å². The van der Waals surface area contributed by atoms with Crippen molar-refractivity contribution in [1.29, 1.82) is 0 Å². The molecule has 0 saturated carbocycles. The quantitative estimate of drug-likeness (QED) is 0.762. The van der Waals surface area contributed by atoms with Gasteiger partial charge in [-0.1, -0.05) is 35.9 Å². The molecule has 0 N–H and O–H groups in total. The molecule has 0 bridgehead atoms.